The molecule has 0 aromatic heterocycles. The number of amides is 1. The second-order valence-electron chi connectivity index (χ2n) is 8.02. The minimum atomic E-state index is -3.82. The van der Waals surface area contributed by atoms with E-state index in [1.54, 1.807) is 24.3 Å². The highest BCUT2D eigenvalue weighted by Gasteiger charge is 2.19. The quantitative estimate of drug-likeness (QED) is 0.553. The van der Waals surface area contributed by atoms with E-state index in [2.05, 4.69) is 14.9 Å². The van der Waals surface area contributed by atoms with Gasteiger partial charge in [-0.3, -0.25) is 9.52 Å². The first-order valence-electron chi connectivity index (χ1n) is 10.8. The van der Waals surface area contributed by atoms with Gasteiger partial charge in [0.1, 0.15) is 0 Å². The van der Waals surface area contributed by atoms with Crippen molar-refractivity contribution in [3.63, 3.8) is 0 Å². The first kappa shape index (κ1) is 21.9. The molecule has 1 aliphatic heterocycles. The molecule has 1 saturated heterocycles. The maximum Gasteiger partial charge on any atom is 0.261 e. The van der Waals surface area contributed by atoms with Gasteiger partial charge >= 0.3 is 0 Å². The number of hydrogen-bond acceptors (Lipinski definition) is 4. The van der Waals surface area contributed by atoms with E-state index in [0.717, 1.165) is 42.9 Å². The number of carbonyl (C=O) groups excluding carboxylic acids is 1. The van der Waals surface area contributed by atoms with Gasteiger partial charge < -0.3 is 10.2 Å². The molecule has 7 heteroatoms. The van der Waals surface area contributed by atoms with Crippen molar-refractivity contribution in [1.29, 1.82) is 0 Å². The van der Waals surface area contributed by atoms with Crippen LogP contribution in [0.15, 0.2) is 77.7 Å². The number of benzene rings is 3. The molecule has 3 aromatic carbocycles. The van der Waals surface area contributed by atoms with Crippen LogP contribution in [0.25, 0.3) is 0 Å². The first-order chi connectivity index (χ1) is 15.4. The van der Waals surface area contributed by atoms with E-state index in [9.17, 15) is 13.2 Å². The number of anilines is 3. The van der Waals surface area contributed by atoms with Crippen LogP contribution in [0.4, 0.5) is 17.1 Å². The van der Waals surface area contributed by atoms with Crippen LogP contribution in [-0.2, 0) is 10.0 Å². The van der Waals surface area contributed by atoms with Crippen molar-refractivity contribution < 1.29 is 13.2 Å². The molecule has 1 heterocycles. The lowest BCUT2D eigenvalue weighted by Gasteiger charge is -2.30. The zero-order valence-electron chi connectivity index (χ0n) is 18.0. The third-order valence-electron chi connectivity index (χ3n) is 5.56. The summed E-state index contributed by atoms with van der Waals surface area (Å²) in [6, 6.07) is 20.9. The molecule has 32 heavy (non-hydrogen) atoms. The van der Waals surface area contributed by atoms with E-state index in [4.69, 9.17) is 0 Å². The van der Waals surface area contributed by atoms with Crippen LogP contribution in [0.3, 0.4) is 0 Å². The topological polar surface area (TPSA) is 78.5 Å². The number of carbonyl (C=O) groups is 1. The Morgan fingerprint density at radius 1 is 0.875 bits per heavy atom. The monoisotopic (exact) mass is 449 g/mol. The molecule has 166 valence electrons. The van der Waals surface area contributed by atoms with Gasteiger partial charge in [0, 0.05) is 24.3 Å². The van der Waals surface area contributed by atoms with Gasteiger partial charge in [-0.05, 0) is 68.7 Å². The molecular weight excluding hydrogens is 422 g/mol. The van der Waals surface area contributed by atoms with Gasteiger partial charge in [-0.25, -0.2) is 8.42 Å². The zero-order chi connectivity index (χ0) is 22.6. The van der Waals surface area contributed by atoms with Crippen LogP contribution in [0, 0.1) is 6.92 Å². The number of sulfonamides is 1. The molecule has 2 N–H and O–H groups in total. The molecule has 1 aliphatic rings. The predicted molar refractivity (Wildman–Crippen MR) is 129 cm³/mol. The Morgan fingerprint density at radius 3 is 2.34 bits per heavy atom. The highest BCUT2D eigenvalue weighted by atomic mass is 32.2. The van der Waals surface area contributed by atoms with Gasteiger partial charge in [-0.1, -0.05) is 35.9 Å². The van der Waals surface area contributed by atoms with Crippen molar-refractivity contribution in [3.8, 4) is 0 Å². The van der Waals surface area contributed by atoms with Gasteiger partial charge in [0.15, 0.2) is 0 Å². The normalized spacial score (nSPS) is 14.1. The fourth-order valence-corrected chi connectivity index (χ4v) is 4.93. The number of piperidine rings is 1. The molecule has 0 radical (unpaired) electrons. The predicted octanol–water partition coefficient (Wildman–Crippen LogP) is 5.04. The summed E-state index contributed by atoms with van der Waals surface area (Å²) >= 11 is 0. The van der Waals surface area contributed by atoms with Crippen LogP contribution in [0.5, 0.6) is 0 Å². The van der Waals surface area contributed by atoms with E-state index >= 15 is 0 Å². The Kier molecular flexibility index (Phi) is 6.46. The number of nitrogens with one attached hydrogen (secondary N) is 2. The van der Waals surface area contributed by atoms with E-state index in [1.165, 1.54) is 18.6 Å². The van der Waals surface area contributed by atoms with Crippen molar-refractivity contribution in [1.82, 2.24) is 0 Å². The number of para-hydroxylation sites is 2. The lowest BCUT2D eigenvalue weighted by atomic mass is 10.1. The molecular formula is C25H27N3O3S. The van der Waals surface area contributed by atoms with Crippen LogP contribution in [-0.4, -0.2) is 27.4 Å². The lowest BCUT2D eigenvalue weighted by Crippen LogP contribution is -2.30. The Labute approximate surface area is 189 Å². The zero-order valence-corrected chi connectivity index (χ0v) is 18.9. The van der Waals surface area contributed by atoms with Crippen LogP contribution < -0.4 is 14.9 Å². The average Bonchev–Trinajstić information content (AvgIpc) is 2.81. The van der Waals surface area contributed by atoms with E-state index in [-0.39, 0.29) is 16.4 Å². The van der Waals surface area contributed by atoms with E-state index in [0.29, 0.717) is 5.69 Å². The summed E-state index contributed by atoms with van der Waals surface area (Å²) in [6.07, 6.45) is 3.50. The maximum atomic E-state index is 13.0. The van der Waals surface area contributed by atoms with Gasteiger partial charge in [-0.2, -0.15) is 0 Å². The van der Waals surface area contributed by atoms with Crippen molar-refractivity contribution >= 4 is 33.0 Å². The summed E-state index contributed by atoms with van der Waals surface area (Å²) in [5.74, 6) is -0.346. The molecule has 0 unspecified atom stereocenters. The molecule has 6 nitrogen and oxygen atoms in total. The largest absolute Gasteiger partial charge is 0.370 e. The summed E-state index contributed by atoms with van der Waals surface area (Å²) in [6.45, 7) is 3.86. The highest BCUT2D eigenvalue weighted by molar-refractivity contribution is 7.92. The van der Waals surface area contributed by atoms with Gasteiger partial charge in [-0.15, -0.1) is 0 Å². The molecule has 1 fully saturated rings. The molecule has 4 rings (SSSR count). The molecule has 0 atom stereocenters. The van der Waals surface area contributed by atoms with Crippen LogP contribution in [0.1, 0.15) is 35.2 Å². The number of aryl methyl sites for hydroxylation is 1. The smallest absolute Gasteiger partial charge is 0.261 e. The van der Waals surface area contributed by atoms with Crippen LogP contribution in [0.2, 0.25) is 0 Å². The maximum absolute atomic E-state index is 13.0. The molecule has 0 saturated carbocycles. The summed E-state index contributed by atoms with van der Waals surface area (Å²) in [7, 11) is -3.82. The van der Waals surface area contributed by atoms with Gasteiger partial charge in [0.05, 0.1) is 16.3 Å². The number of rotatable bonds is 6. The minimum absolute atomic E-state index is 0.0371. The Morgan fingerprint density at radius 2 is 1.59 bits per heavy atom. The third-order valence-corrected chi connectivity index (χ3v) is 6.94. The molecule has 0 bridgehead atoms. The summed E-state index contributed by atoms with van der Waals surface area (Å²) in [4.78, 5) is 15.3. The van der Waals surface area contributed by atoms with Gasteiger partial charge in [0.2, 0.25) is 0 Å². The Hall–Kier alpha value is -3.32. The van der Waals surface area contributed by atoms with Crippen molar-refractivity contribution in [2.75, 3.05) is 28.0 Å². The fraction of sp³-hybridized carbons (Fsp3) is 0.240. The summed E-state index contributed by atoms with van der Waals surface area (Å²) in [5.41, 5.74) is 3.51. The number of hydrogen-bond donors (Lipinski definition) is 2. The minimum Gasteiger partial charge on any atom is -0.370 e. The summed E-state index contributed by atoms with van der Waals surface area (Å²) in [5, 5.41) is 2.96. The SMILES string of the molecule is Cc1ccc(NS(=O)(=O)c2cccc(C(=O)Nc3ccccc3N3CCCCC3)c2)cc1. The van der Waals surface area contributed by atoms with Crippen molar-refractivity contribution in [3.05, 3.63) is 83.9 Å². The second kappa shape index (κ2) is 9.44. The van der Waals surface area contributed by atoms with E-state index < -0.39 is 10.0 Å². The molecule has 3 aromatic rings. The summed E-state index contributed by atoms with van der Waals surface area (Å²) < 4.78 is 28.2. The van der Waals surface area contributed by atoms with Crippen LogP contribution >= 0.6 is 0 Å². The fourth-order valence-electron chi connectivity index (χ4n) is 3.82. The Balaban J connectivity index is 1.53. The molecule has 0 spiro atoms. The second-order valence-corrected chi connectivity index (χ2v) is 9.70. The van der Waals surface area contributed by atoms with E-state index in [1.807, 2.05) is 43.3 Å². The van der Waals surface area contributed by atoms with Gasteiger partial charge in [0.25, 0.3) is 15.9 Å². The standard InChI is InChI=1S/C25H27N3O3S/c1-19-12-14-21(15-13-19)27-32(30,31)22-9-7-8-20(18-22)25(29)26-23-10-3-4-11-24(23)28-16-5-2-6-17-28/h3-4,7-15,18,27H,2,5-6,16-17H2,1H3,(H,26,29). The number of nitrogens with zero attached hydrogens (tertiary/aromatic N) is 1. The first-order valence-corrected chi connectivity index (χ1v) is 12.3. The highest BCUT2D eigenvalue weighted by Crippen LogP contribution is 2.29. The van der Waals surface area contributed by atoms with Crippen molar-refractivity contribution in [2.45, 2.75) is 31.1 Å². The molecule has 1 amide bonds. The van der Waals surface area contributed by atoms with Crippen molar-refractivity contribution in [2.24, 2.45) is 0 Å². The Bertz CT molecular complexity index is 1200. The molecule has 0 aliphatic carbocycles. The lowest BCUT2D eigenvalue weighted by molar-refractivity contribution is 0.102. The average molecular weight is 450 g/mol. The third kappa shape index (κ3) is 5.11.